The van der Waals surface area contributed by atoms with Gasteiger partial charge < -0.3 is 9.84 Å². The fourth-order valence-electron chi connectivity index (χ4n) is 1.79. The summed E-state index contributed by atoms with van der Waals surface area (Å²) in [5, 5.41) is 6.47. The molecule has 0 aliphatic rings. The van der Waals surface area contributed by atoms with Gasteiger partial charge in [-0.05, 0) is 6.42 Å². The normalized spacial score (nSPS) is 12.9. The number of aliphatic carboxylic acids is 1. The molecule has 1 atom stereocenters. The molecule has 0 aromatic heterocycles. The molecule has 8 heteroatoms. The Morgan fingerprint density at radius 2 is 1.57 bits per heavy atom. The lowest BCUT2D eigenvalue weighted by atomic mass is 10.1. The van der Waals surface area contributed by atoms with Crippen LogP contribution in [0.2, 0.25) is 0 Å². The Labute approximate surface area is 125 Å². The van der Waals surface area contributed by atoms with Crippen molar-refractivity contribution in [2.45, 2.75) is 63.5 Å². The van der Waals surface area contributed by atoms with Crippen LogP contribution in [0.3, 0.4) is 0 Å². The quantitative estimate of drug-likeness (QED) is 0.320. The fourth-order valence-corrected chi connectivity index (χ4v) is 2.46. The van der Waals surface area contributed by atoms with E-state index in [0.717, 1.165) is 25.7 Å². The van der Waals surface area contributed by atoms with Gasteiger partial charge in [0.05, 0.1) is 13.0 Å². The van der Waals surface area contributed by atoms with Crippen LogP contribution in [0.5, 0.6) is 0 Å². The molecule has 124 valence electrons. The van der Waals surface area contributed by atoms with Crippen LogP contribution in [0.1, 0.15) is 58.3 Å². The minimum absolute atomic E-state index is 0.0260. The van der Waals surface area contributed by atoms with E-state index in [9.17, 15) is 18.0 Å². The first-order chi connectivity index (χ1) is 9.79. The van der Waals surface area contributed by atoms with E-state index in [1.807, 2.05) is 0 Å². The summed E-state index contributed by atoms with van der Waals surface area (Å²) in [6, 6.07) is 0. The van der Waals surface area contributed by atoms with E-state index < -0.39 is 33.7 Å². The number of carboxylic acid groups (broad SMARTS) is 1. The largest absolute Gasteiger partial charge is 0.481 e. The Hall–Kier alpha value is -1.15. The van der Waals surface area contributed by atoms with Crippen LogP contribution < -0.4 is 0 Å². The second-order valence-corrected chi connectivity index (χ2v) is 6.49. The highest BCUT2D eigenvalue weighted by Crippen LogP contribution is 2.10. The third-order valence-electron chi connectivity index (χ3n) is 2.97. The molecule has 0 heterocycles. The number of carbonyl (C=O) groups excluding carboxylic acids is 1. The Bertz CT molecular complexity index is 416. The molecule has 0 saturated heterocycles. The number of unbranched alkanes of at least 4 members (excludes halogenated alkanes) is 6. The third-order valence-corrected chi connectivity index (χ3v) is 4.05. The molecule has 0 aliphatic carbocycles. The van der Waals surface area contributed by atoms with Crippen molar-refractivity contribution >= 4 is 22.1 Å². The molecular weight excluding hydrogens is 300 g/mol. The maximum absolute atomic E-state index is 11.5. The third kappa shape index (κ3) is 10.3. The van der Waals surface area contributed by atoms with E-state index in [4.69, 9.17) is 14.4 Å². The van der Waals surface area contributed by atoms with Gasteiger partial charge in [0.2, 0.25) is 0 Å². The molecule has 0 fully saturated rings. The maximum atomic E-state index is 11.5. The zero-order valence-corrected chi connectivity index (χ0v) is 13.1. The van der Waals surface area contributed by atoms with Crippen molar-refractivity contribution in [1.29, 1.82) is 0 Å². The minimum atomic E-state index is -4.77. The molecule has 1 unspecified atom stereocenters. The van der Waals surface area contributed by atoms with Crippen molar-refractivity contribution in [2.75, 3.05) is 6.61 Å². The summed E-state index contributed by atoms with van der Waals surface area (Å²) in [7, 11) is -4.77. The van der Waals surface area contributed by atoms with Gasteiger partial charge in [0.15, 0.2) is 5.25 Å². The molecular formula is C13H24O7S. The van der Waals surface area contributed by atoms with Crippen LogP contribution in [0.25, 0.3) is 0 Å². The lowest BCUT2D eigenvalue weighted by molar-refractivity contribution is -0.147. The number of rotatable bonds is 12. The molecule has 0 spiro atoms. The zero-order chi connectivity index (χ0) is 16.3. The predicted molar refractivity (Wildman–Crippen MR) is 76.5 cm³/mol. The molecule has 0 radical (unpaired) electrons. The van der Waals surface area contributed by atoms with Crippen LogP contribution in [-0.2, 0) is 24.4 Å². The van der Waals surface area contributed by atoms with Crippen molar-refractivity contribution in [2.24, 2.45) is 0 Å². The maximum Gasteiger partial charge on any atom is 0.327 e. The van der Waals surface area contributed by atoms with Crippen LogP contribution in [0.15, 0.2) is 0 Å². The monoisotopic (exact) mass is 324 g/mol. The van der Waals surface area contributed by atoms with Gasteiger partial charge in [0.1, 0.15) is 0 Å². The molecule has 0 aliphatic heterocycles. The fraction of sp³-hybridized carbons (Fsp3) is 0.846. The van der Waals surface area contributed by atoms with E-state index in [1.54, 1.807) is 0 Å². The summed E-state index contributed by atoms with van der Waals surface area (Å²) in [4.78, 5) is 22.0. The zero-order valence-electron chi connectivity index (χ0n) is 12.3. The van der Waals surface area contributed by atoms with Crippen molar-refractivity contribution < 1.29 is 32.4 Å². The van der Waals surface area contributed by atoms with Gasteiger partial charge in [-0.15, -0.1) is 0 Å². The summed E-state index contributed by atoms with van der Waals surface area (Å²) < 4.78 is 35.4. The highest BCUT2D eigenvalue weighted by Gasteiger charge is 2.34. The number of ether oxygens (including phenoxy) is 1. The second kappa shape index (κ2) is 10.6. The standard InChI is InChI=1S/C13H24O7S/c1-2-3-4-5-6-7-8-9-20-13(16)11(10-12(14)15)21(17,18)19/h11H,2-10H2,1H3,(H,14,15)(H,17,18,19). The number of esters is 1. The van der Waals surface area contributed by atoms with Gasteiger partial charge in [0.25, 0.3) is 10.1 Å². The number of hydrogen-bond donors (Lipinski definition) is 2. The highest BCUT2D eigenvalue weighted by molar-refractivity contribution is 7.87. The summed E-state index contributed by atoms with van der Waals surface area (Å²) in [5.41, 5.74) is 0. The molecule has 0 rings (SSSR count). The van der Waals surface area contributed by atoms with Crippen molar-refractivity contribution in [3.8, 4) is 0 Å². The molecule has 0 amide bonds. The molecule has 0 saturated carbocycles. The van der Waals surface area contributed by atoms with E-state index in [-0.39, 0.29) is 6.61 Å². The Morgan fingerprint density at radius 1 is 1.05 bits per heavy atom. The summed E-state index contributed by atoms with van der Waals surface area (Å²) in [6.45, 7) is 2.15. The first kappa shape index (κ1) is 19.9. The van der Waals surface area contributed by atoms with Crippen molar-refractivity contribution in [3.63, 3.8) is 0 Å². The average molecular weight is 324 g/mol. The van der Waals surface area contributed by atoms with Gasteiger partial charge in [-0.2, -0.15) is 8.42 Å². The van der Waals surface area contributed by atoms with Gasteiger partial charge in [-0.25, -0.2) is 0 Å². The van der Waals surface area contributed by atoms with Crippen LogP contribution in [0.4, 0.5) is 0 Å². The highest BCUT2D eigenvalue weighted by atomic mass is 32.2. The molecule has 2 N–H and O–H groups in total. The molecule has 7 nitrogen and oxygen atoms in total. The lowest BCUT2D eigenvalue weighted by Crippen LogP contribution is -2.34. The molecule has 0 bridgehead atoms. The Morgan fingerprint density at radius 3 is 2.05 bits per heavy atom. The molecule has 0 aromatic rings. The van der Waals surface area contributed by atoms with E-state index in [1.165, 1.54) is 12.8 Å². The number of hydrogen-bond acceptors (Lipinski definition) is 5. The number of carbonyl (C=O) groups is 2. The Balaban J connectivity index is 3.97. The Kier molecular flexibility index (Phi) is 9.98. The van der Waals surface area contributed by atoms with Crippen LogP contribution in [-0.4, -0.2) is 41.9 Å². The van der Waals surface area contributed by atoms with E-state index in [2.05, 4.69) is 6.92 Å². The van der Waals surface area contributed by atoms with Crippen molar-refractivity contribution in [1.82, 2.24) is 0 Å². The number of carboxylic acids is 1. The van der Waals surface area contributed by atoms with E-state index in [0.29, 0.717) is 6.42 Å². The van der Waals surface area contributed by atoms with Crippen molar-refractivity contribution in [3.05, 3.63) is 0 Å². The first-order valence-electron chi connectivity index (χ1n) is 7.13. The van der Waals surface area contributed by atoms with Gasteiger partial charge in [0, 0.05) is 0 Å². The summed E-state index contributed by atoms with van der Waals surface area (Å²) in [6.07, 6.45) is 6.07. The minimum Gasteiger partial charge on any atom is -0.481 e. The van der Waals surface area contributed by atoms with Gasteiger partial charge in [-0.1, -0.05) is 45.4 Å². The van der Waals surface area contributed by atoms with Gasteiger partial charge in [-0.3, -0.25) is 14.1 Å². The first-order valence-corrected chi connectivity index (χ1v) is 8.64. The molecule has 21 heavy (non-hydrogen) atoms. The summed E-state index contributed by atoms with van der Waals surface area (Å²) >= 11 is 0. The van der Waals surface area contributed by atoms with Crippen LogP contribution >= 0.6 is 0 Å². The predicted octanol–water partition coefficient (Wildman–Crippen LogP) is 2.01. The summed E-state index contributed by atoms with van der Waals surface area (Å²) in [5.74, 6) is -2.71. The van der Waals surface area contributed by atoms with E-state index >= 15 is 0 Å². The smallest absolute Gasteiger partial charge is 0.327 e. The SMILES string of the molecule is CCCCCCCCCOC(=O)C(CC(=O)O)S(=O)(=O)O. The topological polar surface area (TPSA) is 118 Å². The average Bonchev–Trinajstić information content (AvgIpc) is 2.37. The molecule has 0 aromatic carbocycles. The lowest BCUT2D eigenvalue weighted by Gasteiger charge is -2.11. The van der Waals surface area contributed by atoms with Gasteiger partial charge >= 0.3 is 11.9 Å². The van der Waals surface area contributed by atoms with Crippen LogP contribution in [0, 0.1) is 0 Å². The second-order valence-electron chi connectivity index (χ2n) is 4.89.